The van der Waals surface area contributed by atoms with E-state index in [1.807, 2.05) is 30.3 Å². The molecule has 0 spiro atoms. The minimum Gasteiger partial charge on any atom is -0.494 e. The van der Waals surface area contributed by atoms with Gasteiger partial charge in [0.1, 0.15) is 22.6 Å². The highest BCUT2D eigenvalue weighted by molar-refractivity contribution is 5.96. The first-order chi connectivity index (χ1) is 14.1. The topological polar surface area (TPSA) is 94.8 Å². The largest absolute Gasteiger partial charge is 0.494 e. The lowest BCUT2D eigenvalue weighted by molar-refractivity contribution is -0.134. The summed E-state index contributed by atoms with van der Waals surface area (Å²) in [7, 11) is 0. The zero-order valence-electron chi connectivity index (χ0n) is 16.0. The number of amides is 1. The molecule has 1 aromatic heterocycles. The summed E-state index contributed by atoms with van der Waals surface area (Å²) in [5.41, 5.74) is -0.576. The van der Waals surface area contributed by atoms with E-state index in [0.717, 1.165) is 5.75 Å². The molecule has 1 heterocycles. The Labute approximate surface area is 167 Å². The van der Waals surface area contributed by atoms with Gasteiger partial charge in [0.15, 0.2) is 0 Å². The van der Waals surface area contributed by atoms with Crippen LogP contribution in [0.1, 0.15) is 30.1 Å². The summed E-state index contributed by atoms with van der Waals surface area (Å²) in [5, 5.41) is 3.12. The van der Waals surface area contributed by atoms with Gasteiger partial charge in [0.2, 0.25) is 0 Å². The fraction of sp³-hybridized carbons (Fsp3) is 0.227. The minimum absolute atomic E-state index is 0.0671. The molecular formula is C22H21NO6. The molecule has 29 heavy (non-hydrogen) atoms. The van der Waals surface area contributed by atoms with E-state index in [1.54, 1.807) is 19.1 Å². The van der Waals surface area contributed by atoms with Crippen LogP contribution in [-0.4, -0.2) is 25.0 Å². The van der Waals surface area contributed by atoms with E-state index in [4.69, 9.17) is 13.9 Å². The third-order valence-corrected chi connectivity index (χ3v) is 4.06. The molecule has 3 aromatic rings. The van der Waals surface area contributed by atoms with Gasteiger partial charge in [-0.05, 0) is 43.7 Å². The van der Waals surface area contributed by atoms with Crippen molar-refractivity contribution in [2.75, 3.05) is 13.2 Å². The Morgan fingerprint density at radius 2 is 1.83 bits per heavy atom. The maximum atomic E-state index is 12.0. The molecule has 150 valence electrons. The summed E-state index contributed by atoms with van der Waals surface area (Å²) in [6.45, 7) is 2.56. The molecule has 1 amide bonds. The fourth-order valence-electron chi connectivity index (χ4n) is 2.67. The number of nitrogens with one attached hydrogen (secondary N) is 1. The number of hydrogen-bond acceptors (Lipinski definition) is 6. The summed E-state index contributed by atoms with van der Waals surface area (Å²) in [5.74, 6) is 0.108. The predicted octanol–water partition coefficient (Wildman–Crippen LogP) is 3.31. The third-order valence-electron chi connectivity index (χ3n) is 4.06. The first kappa shape index (κ1) is 20.1. The summed E-state index contributed by atoms with van der Waals surface area (Å²) < 4.78 is 16.0. The Balaban J connectivity index is 1.58. The fourth-order valence-corrected chi connectivity index (χ4v) is 2.67. The van der Waals surface area contributed by atoms with Crippen LogP contribution < -0.4 is 20.4 Å². The van der Waals surface area contributed by atoms with E-state index in [0.29, 0.717) is 25.0 Å². The van der Waals surface area contributed by atoms with Crippen LogP contribution in [0.4, 0.5) is 0 Å². The second-order valence-electron chi connectivity index (χ2n) is 6.25. The highest BCUT2D eigenvalue weighted by Crippen LogP contribution is 2.21. The molecule has 3 rings (SSSR count). The molecule has 0 unspecified atom stereocenters. The molecule has 0 aliphatic rings. The number of carbonyl (C=O) groups is 2. The van der Waals surface area contributed by atoms with Crippen molar-refractivity contribution < 1.29 is 23.5 Å². The molecule has 0 atom stereocenters. The molecule has 0 radical (unpaired) electrons. The lowest BCUT2D eigenvalue weighted by atomic mass is 10.1. The zero-order valence-corrected chi connectivity index (χ0v) is 16.0. The Kier molecular flexibility index (Phi) is 6.63. The van der Waals surface area contributed by atoms with Crippen LogP contribution in [0.5, 0.6) is 11.5 Å². The molecule has 7 heteroatoms. The van der Waals surface area contributed by atoms with E-state index >= 15 is 0 Å². The number of rotatable bonds is 8. The maximum absolute atomic E-state index is 12.0. The second-order valence-corrected chi connectivity index (χ2v) is 6.25. The van der Waals surface area contributed by atoms with E-state index < -0.39 is 17.5 Å². The summed E-state index contributed by atoms with van der Waals surface area (Å²) in [4.78, 5) is 35.9. The Morgan fingerprint density at radius 1 is 1.03 bits per heavy atom. The Bertz CT molecular complexity index is 1060. The lowest BCUT2D eigenvalue weighted by Gasteiger charge is -2.07. The number of para-hydroxylation sites is 1. The molecule has 7 nitrogen and oxygen atoms in total. The molecule has 0 aliphatic carbocycles. The van der Waals surface area contributed by atoms with Crippen LogP contribution in [0, 0.1) is 0 Å². The Morgan fingerprint density at radius 3 is 2.59 bits per heavy atom. The van der Waals surface area contributed by atoms with Gasteiger partial charge < -0.3 is 19.2 Å². The van der Waals surface area contributed by atoms with Gasteiger partial charge >= 0.3 is 11.6 Å². The number of carbonyl (C=O) groups excluding carboxylic acids is 2. The number of fused-ring (bicyclic) bond motifs is 1. The van der Waals surface area contributed by atoms with E-state index in [9.17, 15) is 14.4 Å². The van der Waals surface area contributed by atoms with Crippen molar-refractivity contribution >= 4 is 22.8 Å². The number of benzene rings is 2. The monoisotopic (exact) mass is 395 g/mol. The van der Waals surface area contributed by atoms with E-state index in [-0.39, 0.29) is 23.3 Å². The van der Waals surface area contributed by atoms with Crippen LogP contribution >= 0.6 is 0 Å². The third kappa shape index (κ3) is 5.44. The van der Waals surface area contributed by atoms with Crippen molar-refractivity contribution in [3.63, 3.8) is 0 Å². The summed E-state index contributed by atoms with van der Waals surface area (Å²) in [6.07, 6.45) is 0.692. The van der Waals surface area contributed by atoms with Crippen LogP contribution in [0.2, 0.25) is 0 Å². The average Bonchev–Trinajstić information content (AvgIpc) is 2.71. The van der Waals surface area contributed by atoms with Gasteiger partial charge in [-0.15, -0.1) is 0 Å². The first-order valence-electron chi connectivity index (χ1n) is 9.31. The van der Waals surface area contributed by atoms with Gasteiger partial charge in [0.25, 0.3) is 5.91 Å². The number of esters is 1. The normalized spacial score (nSPS) is 10.5. The minimum atomic E-state index is -0.745. The molecule has 0 bridgehead atoms. The molecule has 0 saturated carbocycles. The van der Waals surface area contributed by atoms with Crippen molar-refractivity contribution in [3.05, 3.63) is 70.6 Å². The van der Waals surface area contributed by atoms with Crippen molar-refractivity contribution in [2.45, 2.75) is 19.8 Å². The zero-order chi connectivity index (χ0) is 20.6. The highest BCUT2D eigenvalue weighted by atomic mass is 16.5. The summed E-state index contributed by atoms with van der Waals surface area (Å²) in [6, 6.07) is 15.5. The second kappa shape index (κ2) is 9.54. The number of hydrogen-bond donors (Lipinski definition) is 1. The smallest absolute Gasteiger partial charge is 0.349 e. The van der Waals surface area contributed by atoms with Gasteiger partial charge in [0.05, 0.1) is 6.61 Å². The van der Waals surface area contributed by atoms with Crippen LogP contribution in [0.3, 0.4) is 0 Å². The van der Waals surface area contributed by atoms with Crippen LogP contribution in [-0.2, 0) is 4.79 Å². The van der Waals surface area contributed by atoms with E-state index in [1.165, 1.54) is 12.1 Å². The Hall–Kier alpha value is -3.61. The van der Waals surface area contributed by atoms with Crippen molar-refractivity contribution in [1.82, 2.24) is 5.32 Å². The molecule has 0 saturated heterocycles. The highest BCUT2D eigenvalue weighted by Gasteiger charge is 2.14. The standard InChI is InChI=1S/C22H21NO6/c1-2-23-21(25)18-13-15-10-11-17(14-19(15)29-22(18)26)28-20(24)9-6-12-27-16-7-4-3-5-8-16/h3-5,7-8,10-11,13-14H,2,6,9,12H2,1H3,(H,23,25). The molecule has 0 fully saturated rings. The SMILES string of the molecule is CCNC(=O)c1cc2ccc(OC(=O)CCCOc3ccccc3)cc2oc1=O. The van der Waals surface area contributed by atoms with E-state index in [2.05, 4.69) is 5.32 Å². The van der Waals surface area contributed by atoms with Crippen molar-refractivity contribution in [2.24, 2.45) is 0 Å². The quantitative estimate of drug-likeness (QED) is 0.272. The van der Waals surface area contributed by atoms with Gasteiger partial charge in [-0.2, -0.15) is 0 Å². The van der Waals surface area contributed by atoms with Gasteiger partial charge in [-0.25, -0.2) is 4.79 Å². The predicted molar refractivity (Wildman–Crippen MR) is 107 cm³/mol. The summed E-state index contributed by atoms with van der Waals surface area (Å²) >= 11 is 0. The molecule has 1 N–H and O–H groups in total. The number of ether oxygens (including phenoxy) is 2. The van der Waals surface area contributed by atoms with Crippen molar-refractivity contribution in [3.8, 4) is 11.5 Å². The van der Waals surface area contributed by atoms with Crippen LogP contribution in [0.25, 0.3) is 11.0 Å². The molecule has 2 aromatic carbocycles. The van der Waals surface area contributed by atoms with Gasteiger partial charge in [-0.1, -0.05) is 18.2 Å². The lowest BCUT2D eigenvalue weighted by Crippen LogP contribution is -2.27. The average molecular weight is 395 g/mol. The van der Waals surface area contributed by atoms with Crippen LogP contribution in [0.15, 0.2) is 63.8 Å². The maximum Gasteiger partial charge on any atom is 0.349 e. The first-order valence-corrected chi connectivity index (χ1v) is 9.31. The van der Waals surface area contributed by atoms with Gasteiger partial charge in [-0.3, -0.25) is 9.59 Å². The van der Waals surface area contributed by atoms with Crippen molar-refractivity contribution in [1.29, 1.82) is 0 Å². The van der Waals surface area contributed by atoms with Gasteiger partial charge in [0, 0.05) is 24.4 Å². The molecule has 0 aliphatic heterocycles. The molecular weight excluding hydrogens is 374 g/mol.